The topological polar surface area (TPSA) is 68.0 Å². The number of aromatic nitrogens is 3. The van der Waals surface area contributed by atoms with Crippen LogP contribution in [0.1, 0.15) is 0 Å². The summed E-state index contributed by atoms with van der Waals surface area (Å²) in [6.07, 6.45) is 1.30. The summed E-state index contributed by atoms with van der Waals surface area (Å²) in [7, 11) is 0. The molecule has 8 heteroatoms. The zero-order chi connectivity index (χ0) is 13.1. The number of benzene rings is 1. The molecule has 0 fully saturated rings. The minimum Gasteiger partial charge on any atom is -0.481 e. The lowest BCUT2D eigenvalue weighted by Crippen LogP contribution is -2.02. The first-order valence-electron chi connectivity index (χ1n) is 4.78. The monoisotopic (exact) mass is 287 g/mol. The van der Waals surface area contributed by atoms with Crippen molar-refractivity contribution in [3.05, 3.63) is 35.4 Å². The summed E-state index contributed by atoms with van der Waals surface area (Å²) in [6.45, 7) is 0. The van der Waals surface area contributed by atoms with E-state index in [1.807, 2.05) is 0 Å². The van der Waals surface area contributed by atoms with Gasteiger partial charge in [-0.05, 0) is 12.1 Å². The highest BCUT2D eigenvalue weighted by Crippen LogP contribution is 2.25. The average Bonchev–Trinajstić information content (AvgIpc) is 2.78. The molecule has 0 spiro atoms. The van der Waals surface area contributed by atoms with Gasteiger partial charge < -0.3 is 5.11 Å². The second kappa shape index (κ2) is 5.36. The van der Waals surface area contributed by atoms with Crippen LogP contribution in [0.25, 0.3) is 5.69 Å². The van der Waals surface area contributed by atoms with Crippen LogP contribution in [-0.4, -0.2) is 31.6 Å². The highest BCUT2D eigenvalue weighted by atomic mass is 35.5. The Labute approximate surface area is 111 Å². The van der Waals surface area contributed by atoms with E-state index < -0.39 is 11.8 Å². The van der Waals surface area contributed by atoms with Gasteiger partial charge in [0, 0.05) is 0 Å². The molecule has 1 heterocycles. The number of hydrogen-bond donors (Lipinski definition) is 1. The normalized spacial score (nSPS) is 10.6. The van der Waals surface area contributed by atoms with Gasteiger partial charge in [-0.1, -0.05) is 29.4 Å². The average molecular weight is 288 g/mol. The van der Waals surface area contributed by atoms with Crippen LogP contribution in [-0.2, 0) is 4.79 Å². The molecule has 0 radical (unpaired) electrons. The van der Waals surface area contributed by atoms with Gasteiger partial charge in [-0.25, -0.2) is 4.39 Å². The summed E-state index contributed by atoms with van der Waals surface area (Å²) in [4.78, 5) is 10.5. The van der Waals surface area contributed by atoms with Crippen molar-refractivity contribution < 1.29 is 14.3 Å². The van der Waals surface area contributed by atoms with Gasteiger partial charge in [0.1, 0.15) is 6.33 Å². The molecule has 0 atom stereocenters. The first-order valence-corrected chi connectivity index (χ1v) is 6.15. The number of nitrogens with zero attached hydrogens (tertiary/aromatic N) is 3. The van der Waals surface area contributed by atoms with E-state index in [2.05, 4.69) is 10.2 Å². The first kappa shape index (κ1) is 12.8. The Bertz CT molecular complexity index is 590. The maximum absolute atomic E-state index is 13.8. The van der Waals surface area contributed by atoms with Gasteiger partial charge in [0.2, 0.25) is 0 Å². The maximum Gasteiger partial charge on any atom is 0.313 e. The van der Waals surface area contributed by atoms with E-state index in [9.17, 15) is 9.18 Å². The van der Waals surface area contributed by atoms with E-state index in [-0.39, 0.29) is 16.5 Å². The number of hydrogen-bond acceptors (Lipinski definition) is 4. The molecule has 1 N–H and O–H groups in total. The van der Waals surface area contributed by atoms with Crippen molar-refractivity contribution in [3.63, 3.8) is 0 Å². The number of carbonyl (C=O) groups is 1. The molecule has 0 saturated carbocycles. The van der Waals surface area contributed by atoms with Gasteiger partial charge in [-0.3, -0.25) is 9.36 Å². The third-order valence-electron chi connectivity index (χ3n) is 2.03. The van der Waals surface area contributed by atoms with Crippen LogP contribution in [0.3, 0.4) is 0 Å². The largest absolute Gasteiger partial charge is 0.481 e. The minimum atomic E-state index is -0.985. The molecule has 18 heavy (non-hydrogen) atoms. The highest BCUT2D eigenvalue weighted by Gasteiger charge is 2.14. The van der Waals surface area contributed by atoms with Gasteiger partial charge in [0.15, 0.2) is 11.0 Å². The molecule has 5 nitrogen and oxygen atoms in total. The predicted octanol–water partition coefficient (Wildman–Crippen LogP) is 2.24. The van der Waals surface area contributed by atoms with Crippen molar-refractivity contribution in [1.29, 1.82) is 0 Å². The van der Waals surface area contributed by atoms with Gasteiger partial charge >= 0.3 is 5.97 Å². The summed E-state index contributed by atoms with van der Waals surface area (Å²) in [6, 6.07) is 4.52. The number of halogens is 2. The third kappa shape index (κ3) is 2.62. The van der Waals surface area contributed by atoms with Crippen molar-refractivity contribution in [3.8, 4) is 5.69 Å². The smallest absolute Gasteiger partial charge is 0.313 e. The van der Waals surface area contributed by atoms with Crippen LogP contribution < -0.4 is 0 Å². The predicted molar refractivity (Wildman–Crippen MR) is 64.7 cm³/mol. The Hall–Kier alpha value is -1.60. The molecule has 0 saturated heterocycles. The number of thioether (sulfide) groups is 1. The Morgan fingerprint density at radius 3 is 3.06 bits per heavy atom. The summed E-state index contributed by atoms with van der Waals surface area (Å²) in [5, 5.41) is 16.2. The van der Waals surface area contributed by atoms with E-state index in [4.69, 9.17) is 16.7 Å². The third-order valence-corrected chi connectivity index (χ3v) is 3.25. The van der Waals surface area contributed by atoms with Crippen LogP contribution in [0.5, 0.6) is 0 Å². The highest BCUT2D eigenvalue weighted by molar-refractivity contribution is 7.99. The van der Waals surface area contributed by atoms with Crippen LogP contribution in [0.15, 0.2) is 29.7 Å². The Balaban J connectivity index is 2.36. The molecule has 2 rings (SSSR count). The van der Waals surface area contributed by atoms with Crippen LogP contribution in [0.2, 0.25) is 5.02 Å². The van der Waals surface area contributed by atoms with E-state index in [0.29, 0.717) is 5.16 Å². The summed E-state index contributed by atoms with van der Waals surface area (Å²) < 4.78 is 15.2. The Morgan fingerprint density at radius 2 is 2.33 bits per heavy atom. The fourth-order valence-corrected chi connectivity index (χ4v) is 2.10. The lowest BCUT2D eigenvalue weighted by Gasteiger charge is -2.07. The fraction of sp³-hybridized carbons (Fsp3) is 0.100. The number of aliphatic carboxylic acids is 1. The number of rotatable bonds is 4. The maximum atomic E-state index is 13.8. The van der Waals surface area contributed by atoms with E-state index in [1.54, 1.807) is 6.07 Å². The van der Waals surface area contributed by atoms with Crippen molar-refractivity contribution in [2.24, 2.45) is 0 Å². The standard InChI is InChI=1S/C10H7ClFN3O2S/c11-6-2-1-3-7(9(6)12)15-5-13-14-10(15)18-4-8(16)17/h1-3,5H,4H2,(H,16,17). The van der Waals surface area contributed by atoms with Gasteiger partial charge in [0.05, 0.1) is 16.5 Å². The quantitative estimate of drug-likeness (QED) is 0.874. The molecule has 94 valence electrons. The molecule has 0 amide bonds. The lowest BCUT2D eigenvalue weighted by atomic mass is 10.3. The Morgan fingerprint density at radius 1 is 1.56 bits per heavy atom. The molecule has 0 unspecified atom stereocenters. The van der Waals surface area contributed by atoms with Crippen molar-refractivity contribution in [2.45, 2.75) is 5.16 Å². The second-order valence-corrected chi connectivity index (χ2v) is 4.59. The molecule has 0 aliphatic carbocycles. The molecule has 2 aromatic rings. The number of carboxylic acids is 1. The van der Waals surface area contributed by atoms with E-state index in [0.717, 1.165) is 11.8 Å². The molecule has 0 aliphatic heterocycles. The van der Waals surface area contributed by atoms with E-state index >= 15 is 0 Å². The number of carboxylic acid groups (broad SMARTS) is 1. The molecular formula is C10H7ClFN3O2S. The summed E-state index contributed by atoms with van der Waals surface area (Å²) in [5.74, 6) is -1.77. The summed E-state index contributed by atoms with van der Waals surface area (Å²) in [5.41, 5.74) is 0.181. The zero-order valence-electron chi connectivity index (χ0n) is 8.88. The van der Waals surface area contributed by atoms with Gasteiger partial charge in [-0.15, -0.1) is 10.2 Å². The molecule has 1 aromatic heterocycles. The lowest BCUT2D eigenvalue weighted by molar-refractivity contribution is -0.133. The summed E-state index contributed by atoms with van der Waals surface area (Å²) >= 11 is 6.63. The van der Waals surface area contributed by atoms with Crippen LogP contribution >= 0.6 is 23.4 Å². The van der Waals surface area contributed by atoms with Crippen molar-refractivity contribution in [2.75, 3.05) is 5.75 Å². The zero-order valence-corrected chi connectivity index (χ0v) is 10.5. The minimum absolute atomic E-state index is 0.0182. The fourth-order valence-electron chi connectivity index (χ4n) is 1.29. The SMILES string of the molecule is O=C(O)CSc1nncn1-c1cccc(Cl)c1F. The second-order valence-electron chi connectivity index (χ2n) is 3.24. The molecular weight excluding hydrogens is 281 g/mol. The molecule has 1 aromatic carbocycles. The molecule has 0 aliphatic rings. The Kier molecular flexibility index (Phi) is 3.83. The van der Waals surface area contributed by atoms with E-state index in [1.165, 1.54) is 23.0 Å². The van der Waals surface area contributed by atoms with Gasteiger partial charge in [0.25, 0.3) is 0 Å². The van der Waals surface area contributed by atoms with Crippen LogP contribution in [0, 0.1) is 5.82 Å². The first-order chi connectivity index (χ1) is 8.59. The van der Waals surface area contributed by atoms with Crippen molar-refractivity contribution in [1.82, 2.24) is 14.8 Å². The van der Waals surface area contributed by atoms with Crippen LogP contribution in [0.4, 0.5) is 4.39 Å². The molecule has 0 bridgehead atoms. The van der Waals surface area contributed by atoms with Crippen molar-refractivity contribution >= 4 is 29.3 Å². The van der Waals surface area contributed by atoms with Gasteiger partial charge in [-0.2, -0.15) is 0 Å².